The zero-order valence-electron chi connectivity index (χ0n) is 18.6. The molecule has 7 heteroatoms. The van der Waals surface area contributed by atoms with E-state index in [0.29, 0.717) is 13.2 Å². The van der Waals surface area contributed by atoms with E-state index >= 15 is 0 Å². The van der Waals surface area contributed by atoms with Crippen LogP contribution in [0.4, 0.5) is 0 Å². The molecule has 1 amide bonds. The van der Waals surface area contributed by atoms with Crippen molar-refractivity contribution in [1.82, 2.24) is 9.88 Å². The number of carbonyl (C=O) groups is 2. The van der Waals surface area contributed by atoms with Crippen LogP contribution in [0.1, 0.15) is 42.4 Å². The number of aryl methyl sites for hydroxylation is 1. The normalized spacial score (nSPS) is 13.2. The maximum Gasteiger partial charge on any atom is 0.349 e. The van der Waals surface area contributed by atoms with Crippen molar-refractivity contribution in [2.24, 2.45) is 0 Å². The molecule has 1 aromatic carbocycles. The number of hydrogen-bond donors (Lipinski definition) is 1. The average Bonchev–Trinajstić information content (AvgIpc) is 3.03. The highest BCUT2D eigenvalue weighted by molar-refractivity contribution is 5.99. The highest BCUT2D eigenvalue weighted by Crippen LogP contribution is 2.19. The smallest absolute Gasteiger partial charge is 0.349 e. The molecule has 2 atom stereocenters. The van der Waals surface area contributed by atoms with Gasteiger partial charge in [-0.2, -0.15) is 5.26 Å². The summed E-state index contributed by atoms with van der Waals surface area (Å²) in [6.45, 7) is 8.42. The fourth-order valence-electron chi connectivity index (χ4n) is 3.23. The number of amides is 1. The molecule has 0 bridgehead atoms. The molecule has 1 heterocycles. The summed E-state index contributed by atoms with van der Waals surface area (Å²) in [6.07, 6.45) is 0.454. The lowest BCUT2D eigenvalue weighted by Gasteiger charge is -2.18. The number of hydrogen-bond acceptors (Lipinski definition) is 5. The number of benzene rings is 1. The number of nitrogens with zero attached hydrogens (tertiary/aromatic N) is 2. The minimum Gasteiger partial charge on any atom is -0.448 e. The van der Waals surface area contributed by atoms with E-state index in [0.717, 1.165) is 22.5 Å². The molecule has 0 aliphatic heterocycles. The molecule has 7 nitrogen and oxygen atoms in total. The van der Waals surface area contributed by atoms with Crippen LogP contribution in [0.25, 0.3) is 6.08 Å². The Labute approximate surface area is 183 Å². The van der Waals surface area contributed by atoms with Crippen molar-refractivity contribution in [3.8, 4) is 6.07 Å². The van der Waals surface area contributed by atoms with Gasteiger partial charge in [0.1, 0.15) is 11.6 Å². The van der Waals surface area contributed by atoms with E-state index < -0.39 is 18.0 Å². The first-order valence-electron chi connectivity index (χ1n) is 10.1. The van der Waals surface area contributed by atoms with Crippen molar-refractivity contribution < 1.29 is 19.1 Å². The summed E-state index contributed by atoms with van der Waals surface area (Å²) in [6, 6.07) is 13.0. The van der Waals surface area contributed by atoms with Gasteiger partial charge in [-0.3, -0.25) is 4.79 Å². The summed E-state index contributed by atoms with van der Waals surface area (Å²) in [5.41, 5.74) is 3.43. The first-order chi connectivity index (χ1) is 14.8. The minimum absolute atomic E-state index is 0.164. The zero-order valence-corrected chi connectivity index (χ0v) is 18.6. The van der Waals surface area contributed by atoms with E-state index in [-0.39, 0.29) is 11.6 Å². The number of carbonyl (C=O) groups excluding carboxylic acids is 2. The van der Waals surface area contributed by atoms with Crippen LogP contribution in [-0.2, 0) is 25.6 Å². The molecule has 2 unspecified atom stereocenters. The monoisotopic (exact) mass is 423 g/mol. The van der Waals surface area contributed by atoms with E-state index in [9.17, 15) is 14.9 Å². The molecule has 0 saturated carbocycles. The molecule has 0 radical (unpaired) electrons. The maximum absolute atomic E-state index is 12.5. The van der Waals surface area contributed by atoms with Gasteiger partial charge >= 0.3 is 5.97 Å². The molecule has 2 aromatic rings. The van der Waals surface area contributed by atoms with Crippen LogP contribution in [0.2, 0.25) is 0 Å². The fourth-order valence-corrected chi connectivity index (χ4v) is 3.23. The van der Waals surface area contributed by atoms with Crippen LogP contribution in [-0.4, -0.2) is 36.3 Å². The fraction of sp³-hybridized carbons (Fsp3) is 0.375. The Bertz CT molecular complexity index is 986. The molecule has 0 saturated heterocycles. The summed E-state index contributed by atoms with van der Waals surface area (Å²) in [7, 11) is 1.64. The van der Waals surface area contributed by atoms with Crippen LogP contribution < -0.4 is 5.32 Å². The molecule has 0 aliphatic carbocycles. The van der Waals surface area contributed by atoms with Crippen molar-refractivity contribution in [1.29, 1.82) is 5.26 Å². The minimum atomic E-state index is -1.04. The quantitative estimate of drug-likeness (QED) is 0.379. The lowest BCUT2D eigenvalue weighted by Crippen LogP contribution is -2.37. The molecule has 0 fully saturated rings. The molecule has 2 rings (SSSR count). The largest absolute Gasteiger partial charge is 0.448 e. The topological polar surface area (TPSA) is 93.3 Å². The van der Waals surface area contributed by atoms with E-state index in [1.54, 1.807) is 7.11 Å². The lowest BCUT2D eigenvalue weighted by atomic mass is 10.1. The van der Waals surface area contributed by atoms with Gasteiger partial charge in [0.2, 0.25) is 0 Å². The summed E-state index contributed by atoms with van der Waals surface area (Å²) in [5, 5.41) is 12.3. The first-order valence-corrected chi connectivity index (χ1v) is 10.1. The Morgan fingerprint density at radius 3 is 2.52 bits per heavy atom. The van der Waals surface area contributed by atoms with Crippen molar-refractivity contribution >= 4 is 18.0 Å². The third kappa shape index (κ3) is 6.30. The summed E-state index contributed by atoms with van der Waals surface area (Å²) in [5.74, 6) is -1.26. The SMILES string of the molecule is COCCn1c(C)cc(/C=C(\C#N)C(=O)OC(C)C(=O)NC(C)c2ccccc2)c1C. The van der Waals surface area contributed by atoms with Gasteiger partial charge in [-0.1, -0.05) is 30.3 Å². The van der Waals surface area contributed by atoms with Crippen LogP contribution in [0.5, 0.6) is 0 Å². The Morgan fingerprint density at radius 1 is 1.23 bits per heavy atom. The third-order valence-electron chi connectivity index (χ3n) is 5.08. The van der Waals surface area contributed by atoms with Gasteiger partial charge in [-0.25, -0.2) is 4.79 Å². The number of rotatable bonds is 9. The summed E-state index contributed by atoms with van der Waals surface area (Å²) < 4.78 is 12.4. The van der Waals surface area contributed by atoms with Crippen LogP contribution in [0, 0.1) is 25.2 Å². The van der Waals surface area contributed by atoms with E-state index in [1.165, 1.54) is 13.0 Å². The molecule has 31 heavy (non-hydrogen) atoms. The molecule has 1 aromatic heterocycles. The van der Waals surface area contributed by atoms with Crippen LogP contribution in [0.3, 0.4) is 0 Å². The number of ether oxygens (including phenoxy) is 2. The van der Waals surface area contributed by atoms with E-state index in [4.69, 9.17) is 9.47 Å². The average molecular weight is 424 g/mol. The first kappa shape index (κ1) is 23.9. The van der Waals surface area contributed by atoms with Crippen molar-refractivity contribution in [3.05, 3.63) is 64.5 Å². The van der Waals surface area contributed by atoms with Gasteiger partial charge in [0.25, 0.3) is 5.91 Å². The lowest BCUT2D eigenvalue weighted by molar-refractivity contribution is -0.151. The maximum atomic E-state index is 12.5. The Morgan fingerprint density at radius 2 is 1.90 bits per heavy atom. The Kier molecular flexibility index (Phi) is 8.59. The highest BCUT2D eigenvalue weighted by atomic mass is 16.5. The predicted molar refractivity (Wildman–Crippen MR) is 118 cm³/mol. The number of aromatic nitrogens is 1. The van der Waals surface area contributed by atoms with E-state index in [2.05, 4.69) is 9.88 Å². The summed E-state index contributed by atoms with van der Waals surface area (Å²) in [4.78, 5) is 24.9. The van der Waals surface area contributed by atoms with Gasteiger partial charge in [0.05, 0.1) is 12.6 Å². The predicted octanol–water partition coefficient (Wildman–Crippen LogP) is 3.47. The van der Waals surface area contributed by atoms with Crippen LogP contribution in [0.15, 0.2) is 42.0 Å². The third-order valence-corrected chi connectivity index (χ3v) is 5.08. The summed E-state index contributed by atoms with van der Waals surface area (Å²) >= 11 is 0. The second kappa shape index (κ2) is 11.1. The van der Waals surface area contributed by atoms with Crippen molar-refractivity contribution in [3.63, 3.8) is 0 Å². The van der Waals surface area contributed by atoms with Crippen molar-refractivity contribution in [2.45, 2.75) is 46.4 Å². The van der Waals surface area contributed by atoms with Gasteiger partial charge in [0, 0.05) is 25.0 Å². The van der Waals surface area contributed by atoms with Gasteiger partial charge in [-0.05, 0) is 51.0 Å². The highest BCUT2D eigenvalue weighted by Gasteiger charge is 2.22. The van der Waals surface area contributed by atoms with E-state index in [1.807, 2.05) is 63.2 Å². The van der Waals surface area contributed by atoms with Gasteiger partial charge in [-0.15, -0.1) is 0 Å². The van der Waals surface area contributed by atoms with Gasteiger partial charge < -0.3 is 19.4 Å². The molecule has 0 aliphatic rings. The number of methoxy groups -OCH3 is 1. The number of esters is 1. The second-order valence-electron chi connectivity index (χ2n) is 7.33. The molecular formula is C24H29N3O4. The second-order valence-corrected chi connectivity index (χ2v) is 7.33. The Hall–Kier alpha value is -3.37. The Balaban J connectivity index is 2.07. The van der Waals surface area contributed by atoms with Crippen molar-refractivity contribution in [2.75, 3.05) is 13.7 Å². The number of nitriles is 1. The van der Waals surface area contributed by atoms with Crippen LogP contribution >= 0.6 is 0 Å². The zero-order chi connectivity index (χ0) is 23.0. The standard InChI is InChI=1S/C24H29N3O4/c1-16-13-21(18(3)27(16)11-12-30-5)14-22(15-25)24(29)31-19(4)23(28)26-17(2)20-9-7-6-8-10-20/h6-10,13-14,17,19H,11-12H2,1-5H3,(H,26,28)/b22-14+. The number of nitrogens with one attached hydrogen (secondary N) is 1. The molecule has 1 N–H and O–H groups in total. The van der Waals surface area contributed by atoms with Gasteiger partial charge in [0.15, 0.2) is 6.10 Å². The molecule has 0 spiro atoms. The molecular weight excluding hydrogens is 394 g/mol. The molecule has 164 valence electrons.